The molecule has 0 radical (unpaired) electrons. The summed E-state index contributed by atoms with van der Waals surface area (Å²) in [4.78, 5) is 26.1. The lowest BCUT2D eigenvalue weighted by atomic mass is 10.2. The number of likely N-dealkylation sites (tertiary alicyclic amines) is 1. The molecular formula is C9H12N4O4. The normalized spacial score (nSPS) is 22.7. The van der Waals surface area contributed by atoms with Gasteiger partial charge in [0.15, 0.2) is 0 Å². The number of hydrogen-bond donors (Lipinski definition) is 1. The third kappa shape index (κ3) is 3.12. The van der Waals surface area contributed by atoms with Crippen LogP contribution in [0.25, 0.3) is 10.4 Å². The molecule has 2 atom stereocenters. The zero-order chi connectivity index (χ0) is 12.8. The molecule has 8 heteroatoms. The van der Waals surface area contributed by atoms with Gasteiger partial charge in [-0.2, -0.15) is 0 Å². The number of hydrogen-bond acceptors (Lipinski definition) is 4. The minimum Gasteiger partial charge on any atom is -0.480 e. The van der Waals surface area contributed by atoms with Crippen molar-refractivity contribution in [3.05, 3.63) is 23.1 Å². The smallest absolute Gasteiger partial charge is 0.410 e. The molecule has 1 rings (SSSR count). The van der Waals surface area contributed by atoms with Gasteiger partial charge in [-0.15, -0.1) is 0 Å². The minimum atomic E-state index is -1.14. The highest BCUT2D eigenvalue weighted by Gasteiger charge is 2.40. The maximum absolute atomic E-state index is 11.5. The Kier molecular flexibility index (Phi) is 4.36. The first-order valence-electron chi connectivity index (χ1n) is 4.91. The zero-order valence-corrected chi connectivity index (χ0v) is 9.02. The molecule has 0 aromatic heterocycles. The molecule has 1 saturated heterocycles. The number of carboxylic acid groups (broad SMARTS) is 1. The number of carbonyl (C=O) groups is 2. The number of azide groups is 1. The summed E-state index contributed by atoms with van der Waals surface area (Å²) in [5.41, 5.74) is 8.28. The van der Waals surface area contributed by atoms with Crippen molar-refractivity contribution in [1.82, 2.24) is 4.90 Å². The molecule has 1 aliphatic rings. The lowest BCUT2D eigenvalue weighted by molar-refractivity contribution is -0.141. The Bertz CT molecular complexity index is 377. The summed E-state index contributed by atoms with van der Waals surface area (Å²) in [6, 6.07) is -1.54. The first-order chi connectivity index (χ1) is 8.10. The molecule has 1 aliphatic heterocycles. The molecule has 1 heterocycles. The van der Waals surface area contributed by atoms with Gasteiger partial charge < -0.3 is 9.84 Å². The highest BCUT2D eigenvalue weighted by atomic mass is 16.6. The van der Waals surface area contributed by atoms with Crippen LogP contribution < -0.4 is 0 Å². The molecule has 1 N–H and O–H groups in total. The van der Waals surface area contributed by atoms with Crippen LogP contribution in [0.3, 0.4) is 0 Å². The van der Waals surface area contributed by atoms with E-state index in [2.05, 4.69) is 16.6 Å². The van der Waals surface area contributed by atoms with Gasteiger partial charge in [0.1, 0.15) is 12.6 Å². The summed E-state index contributed by atoms with van der Waals surface area (Å²) in [6.45, 7) is 3.44. The molecule has 0 aromatic rings. The average molecular weight is 240 g/mol. The molecule has 0 spiro atoms. The molecular weight excluding hydrogens is 228 g/mol. The van der Waals surface area contributed by atoms with E-state index in [1.165, 1.54) is 6.08 Å². The quantitative estimate of drug-likeness (QED) is 0.343. The maximum atomic E-state index is 11.5. The van der Waals surface area contributed by atoms with Crippen molar-refractivity contribution in [2.75, 3.05) is 13.2 Å². The molecule has 0 aliphatic carbocycles. The van der Waals surface area contributed by atoms with E-state index >= 15 is 0 Å². The Labute approximate surface area is 97.1 Å². The molecule has 0 bridgehead atoms. The van der Waals surface area contributed by atoms with E-state index in [1.54, 1.807) is 0 Å². The Balaban J connectivity index is 2.73. The highest BCUT2D eigenvalue weighted by Crippen LogP contribution is 2.21. The lowest BCUT2D eigenvalue weighted by Crippen LogP contribution is -2.40. The molecule has 0 unspecified atom stereocenters. The molecule has 0 aromatic carbocycles. The molecule has 1 amide bonds. The largest absolute Gasteiger partial charge is 0.480 e. The Morgan fingerprint density at radius 2 is 2.41 bits per heavy atom. The first kappa shape index (κ1) is 12.9. The van der Waals surface area contributed by atoms with E-state index in [1.807, 2.05) is 0 Å². The predicted octanol–water partition coefficient (Wildman–Crippen LogP) is 1.15. The van der Waals surface area contributed by atoms with Crippen LogP contribution in [0.1, 0.15) is 6.42 Å². The summed E-state index contributed by atoms with van der Waals surface area (Å²) in [7, 11) is 0. The summed E-state index contributed by atoms with van der Waals surface area (Å²) in [5.74, 6) is -1.14. The second kappa shape index (κ2) is 5.76. The number of amides is 1. The van der Waals surface area contributed by atoms with Gasteiger partial charge in [0.05, 0.1) is 6.04 Å². The van der Waals surface area contributed by atoms with Crippen LogP contribution in [-0.4, -0.2) is 47.3 Å². The number of carbonyl (C=O) groups excluding carboxylic acids is 1. The second-order valence-corrected chi connectivity index (χ2v) is 3.47. The fraction of sp³-hybridized carbons (Fsp3) is 0.556. The van der Waals surface area contributed by atoms with Gasteiger partial charge in [0, 0.05) is 11.5 Å². The van der Waals surface area contributed by atoms with Gasteiger partial charge in [0.2, 0.25) is 0 Å². The van der Waals surface area contributed by atoms with Crippen LogP contribution in [0.4, 0.5) is 4.79 Å². The topological polar surface area (TPSA) is 116 Å². The van der Waals surface area contributed by atoms with E-state index in [4.69, 9.17) is 15.4 Å². The van der Waals surface area contributed by atoms with Crippen LogP contribution in [0.15, 0.2) is 17.8 Å². The fourth-order valence-electron chi connectivity index (χ4n) is 1.62. The van der Waals surface area contributed by atoms with Gasteiger partial charge >= 0.3 is 12.1 Å². The van der Waals surface area contributed by atoms with Crippen molar-refractivity contribution in [2.24, 2.45) is 5.11 Å². The van der Waals surface area contributed by atoms with Crippen molar-refractivity contribution in [1.29, 1.82) is 0 Å². The number of rotatable bonds is 4. The molecule has 92 valence electrons. The summed E-state index contributed by atoms with van der Waals surface area (Å²) < 4.78 is 4.75. The van der Waals surface area contributed by atoms with Crippen molar-refractivity contribution >= 4 is 12.1 Å². The second-order valence-electron chi connectivity index (χ2n) is 3.47. The van der Waals surface area contributed by atoms with Crippen LogP contribution >= 0.6 is 0 Å². The van der Waals surface area contributed by atoms with Crippen molar-refractivity contribution in [2.45, 2.75) is 18.5 Å². The van der Waals surface area contributed by atoms with Crippen LogP contribution in [0, 0.1) is 0 Å². The summed E-state index contributed by atoms with van der Waals surface area (Å²) in [6.07, 6.45) is 0.741. The SMILES string of the molecule is C=CCOC(=O)N1C[C@@H](N=[N+]=[N-])C[C@H]1C(=O)O. The standard InChI is InChI=1S/C9H12N4O4/c1-2-3-17-9(16)13-5-6(11-12-10)4-7(13)8(14)15/h2,6-7H,1,3-5H2,(H,14,15)/t6-,7-/m0/s1. The number of carboxylic acids is 1. The maximum Gasteiger partial charge on any atom is 0.410 e. The lowest BCUT2D eigenvalue weighted by Gasteiger charge is -2.20. The van der Waals surface area contributed by atoms with Crippen molar-refractivity contribution in [3.63, 3.8) is 0 Å². The average Bonchev–Trinajstić information content (AvgIpc) is 2.70. The third-order valence-corrected chi connectivity index (χ3v) is 2.34. The minimum absolute atomic E-state index is 0.00779. The Hall–Kier alpha value is -2.21. The van der Waals surface area contributed by atoms with Gasteiger partial charge in [-0.1, -0.05) is 17.8 Å². The van der Waals surface area contributed by atoms with Crippen LogP contribution in [-0.2, 0) is 9.53 Å². The summed E-state index contributed by atoms with van der Waals surface area (Å²) in [5, 5.41) is 12.4. The van der Waals surface area contributed by atoms with E-state index in [9.17, 15) is 9.59 Å². The highest BCUT2D eigenvalue weighted by molar-refractivity contribution is 5.81. The van der Waals surface area contributed by atoms with E-state index < -0.39 is 24.1 Å². The van der Waals surface area contributed by atoms with Gasteiger partial charge in [-0.25, -0.2) is 9.59 Å². The fourth-order valence-corrected chi connectivity index (χ4v) is 1.62. The Morgan fingerprint density at radius 1 is 1.71 bits per heavy atom. The summed E-state index contributed by atoms with van der Waals surface area (Å²) >= 11 is 0. The third-order valence-electron chi connectivity index (χ3n) is 2.34. The van der Waals surface area contributed by atoms with E-state index in [0.717, 1.165) is 4.90 Å². The van der Waals surface area contributed by atoms with Crippen LogP contribution in [0.2, 0.25) is 0 Å². The molecule has 0 saturated carbocycles. The van der Waals surface area contributed by atoms with Crippen molar-refractivity contribution in [3.8, 4) is 0 Å². The van der Waals surface area contributed by atoms with Crippen molar-refractivity contribution < 1.29 is 19.4 Å². The van der Waals surface area contributed by atoms with E-state index in [0.29, 0.717) is 0 Å². The number of ether oxygens (including phenoxy) is 1. The van der Waals surface area contributed by atoms with Gasteiger partial charge in [-0.05, 0) is 12.0 Å². The van der Waals surface area contributed by atoms with E-state index in [-0.39, 0.29) is 19.6 Å². The molecule has 17 heavy (non-hydrogen) atoms. The first-order valence-corrected chi connectivity index (χ1v) is 4.91. The zero-order valence-electron chi connectivity index (χ0n) is 9.02. The number of aliphatic carboxylic acids is 1. The Morgan fingerprint density at radius 3 is 2.94 bits per heavy atom. The molecule has 8 nitrogen and oxygen atoms in total. The molecule has 1 fully saturated rings. The van der Waals surface area contributed by atoms with Gasteiger partial charge in [0.25, 0.3) is 0 Å². The van der Waals surface area contributed by atoms with Crippen LogP contribution in [0.5, 0.6) is 0 Å². The predicted molar refractivity (Wildman–Crippen MR) is 57.2 cm³/mol. The number of nitrogens with zero attached hydrogens (tertiary/aromatic N) is 4. The monoisotopic (exact) mass is 240 g/mol. The van der Waals surface area contributed by atoms with Gasteiger partial charge in [-0.3, -0.25) is 4.90 Å².